The second kappa shape index (κ2) is 3.56. The molecule has 0 unspecified atom stereocenters. The Bertz CT molecular complexity index is 174. The lowest BCUT2D eigenvalue weighted by Crippen LogP contribution is -2.12. The highest BCUT2D eigenvalue weighted by Crippen LogP contribution is 2.19. The fourth-order valence-corrected chi connectivity index (χ4v) is 0.560. The molecule has 0 aliphatic rings. The Hall–Kier alpha value is -0.790. The van der Waals surface area contributed by atoms with Crippen LogP contribution < -0.4 is 5.73 Å². The molecule has 0 aliphatic carbocycles. The Kier molecular flexibility index (Phi) is 3.30. The van der Waals surface area contributed by atoms with Gasteiger partial charge in [0.1, 0.15) is 0 Å². The van der Waals surface area contributed by atoms with Crippen molar-refractivity contribution < 1.29 is 4.79 Å². The van der Waals surface area contributed by atoms with Crippen LogP contribution in [0.4, 0.5) is 0 Å². The fraction of sp³-hybridized carbons (Fsp3) is 0.667. The first kappa shape index (κ1) is 10.2. The molecular formula is C9H17NO. The lowest BCUT2D eigenvalue weighted by molar-refractivity contribution is -0.114. The van der Waals surface area contributed by atoms with Crippen LogP contribution >= 0.6 is 0 Å². The van der Waals surface area contributed by atoms with Crippen molar-refractivity contribution >= 4 is 5.91 Å². The van der Waals surface area contributed by atoms with Crippen molar-refractivity contribution in [2.24, 2.45) is 11.1 Å². The van der Waals surface area contributed by atoms with E-state index >= 15 is 0 Å². The van der Waals surface area contributed by atoms with E-state index < -0.39 is 0 Å². The molecule has 0 atom stereocenters. The van der Waals surface area contributed by atoms with Gasteiger partial charge >= 0.3 is 0 Å². The zero-order valence-electron chi connectivity index (χ0n) is 7.77. The van der Waals surface area contributed by atoms with Crippen LogP contribution in [0.3, 0.4) is 0 Å². The number of amides is 1. The third-order valence-electron chi connectivity index (χ3n) is 1.41. The SMILES string of the molecule is CC(=CCC(C)(C)C)C(N)=O. The van der Waals surface area contributed by atoms with Crippen molar-refractivity contribution in [1.29, 1.82) is 0 Å². The van der Waals surface area contributed by atoms with Crippen molar-refractivity contribution in [3.63, 3.8) is 0 Å². The first-order chi connectivity index (χ1) is 4.83. The van der Waals surface area contributed by atoms with Crippen LogP contribution in [0.25, 0.3) is 0 Å². The number of hydrogen-bond acceptors (Lipinski definition) is 1. The van der Waals surface area contributed by atoms with Gasteiger partial charge in [0.05, 0.1) is 0 Å². The molecule has 11 heavy (non-hydrogen) atoms. The average Bonchev–Trinajstić information content (AvgIpc) is 1.80. The second-order valence-corrected chi connectivity index (χ2v) is 4.02. The summed E-state index contributed by atoms with van der Waals surface area (Å²) in [4.78, 5) is 10.6. The van der Waals surface area contributed by atoms with E-state index in [1.54, 1.807) is 6.92 Å². The summed E-state index contributed by atoms with van der Waals surface area (Å²) in [5, 5.41) is 0. The van der Waals surface area contributed by atoms with Crippen LogP contribution in [0.1, 0.15) is 34.1 Å². The summed E-state index contributed by atoms with van der Waals surface area (Å²) in [6, 6.07) is 0. The van der Waals surface area contributed by atoms with E-state index in [4.69, 9.17) is 5.73 Å². The molecule has 0 saturated carbocycles. The van der Waals surface area contributed by atoms with Gasteiger partial charge in [0, 0.05) is 5.57 Å². The number of hydrogen-bond donors (Lipinski definition) is 1. The van der Waals surface area contributed by atoms with Crippen molar-refractivity contribution in [1.82, 2.24) is 0 Å². The maximum Gasteiger partial charge on any atom is 0.244 e. The number of allylic oxidation sites excluding steroid dienone is 1. The van der Waals surface area contributed by atoms with E-state index in [0.717, 1.165) is 6.42 Å². The monoisotopic (exact) mass is 155 g/mol. The molecule has 0 aromatic carbocycles. The first-order valence-electron chi connectivity index (χ1n) is 3.79. The molecule has 2 N–H and O–H groups in total. The van der Waals surface area contributed by atoms with Gasteiger partial charge in [-0.2, -0.15) is 0 Å². The molecule has 2 heteroatoms. The summed E-state index contributed by atoms with van der Waals surface area (Å²) >= 11 is 0. The summed E-state index contributed by atoms with van der Waals surface area (Å²) in [5.41, 5.74) is 5.94. The predicted molar refractivity (Wildman–Crippen MR) is 47.0 cm³/mol. The van der Waals surface area contributed by atoms with Crippen LogP contribution in [-0.4, -0.2) is 5.91 Å². The van der Waals surface area contributed by atoms with E-state index in [1.165, 1.54) is 0 Å². The van der Waals surface area contributed by atoms with Crippen LogP contribution in [0.2, 0.25) is 0 Å². The van der Waals surface area contributed by atoms with E-state index in [2.05, 4.69) is 20.8 Å². The van der Waals surface area contributed by atoms with Crippen LogP contribution in [0.15, 0.2) is 11.6 Å². The predicted octanol–water partition coefficient (Wildman–Crippen LogP) is 1.85. The van der Waals surface area contributed by atoms with Crippen molar-refractivity contribution in [3.8, 4) is 0 Å². The Morgan fingerprint density at radius 3 is 2.18 bits per heavy atom. The maximum atomic E-state index is 10.6. The highest BCUT2D eigenvalue weighted by atomic mass is 16.1. The number of nitrogens with two attached hydrogens (primary N) is 1. The molecule has 0 spiro atoms. The molecule has 1 amide bonds. The average molecular weight is 155 g/mol. The summed E-state index contributed by atoms with van der Waals surface area (Å²) in [6.07, 6.45) is 2.78. The maximum absolute atomic E-state index is 10.6. The summed E-state index contributed by atoms with van der Waals surface area (Å²) in [5.74, 6) is -0.325. The third kappa shape index (κ3) is 5.64. The highest BCUT2D eigenvalue weighted by molar-refractivity contribution is 5.91. The van der Waals surface area contributed by atoms with Gasteiger partial charge in [0.25, 0.3) is 0 Å². The van der Waals surface area contributed by atoms with E-state index in [0.29, 0.717) is 5.57 Å². The largest absolute Gasteiger partial charge is 0.366 e. The molecule has 0 bridgehead atoms. The summed E-state index contributed by atoms with van der Waals surface area (Å²) < 4.78 is 0. The molecule has 0 saturated heterocycles. The standard InChI is InChI=1S/C9H17NO/c1-7(8(10)11)5-6-9(2,3)4/h5H,6H2,1-4H3,(H2,10,11). The van der Waals surface area contributed by atoms with Crippen molar-refractivity contribution in [3.05, 3.63) is 11.6 Å². The van der Waals surface area contributed by atoms with E-state index in [-0.39, 0.29) is 11.3 Å². The number of carbonyl (C=O) groups is 1. The first-order valence-corrected chi connectivity index (χ1v) is 3.79. The Balaban J connectivity index is 4.04. The normalized spacial score (nSPS) is 13.3. The molecule has 0 radical (unpaired) electrons. The molecule has 2 nitrogen and oxygen atoms in total. The molecule has 0 fully saturated rings. The van der Waals surface area contributed by atoms with Gasteiger partial charge in [0.2, 0.25) is 5.91 Å². The molecular weight excluding hydrogens is 138 g/mol. The van der Waals surface area contributed by atoms with Crippen LogP contribution in [-0.2, 0) is 4.79 Å². The van der Waals surface area contributed by atoms with Crippen molar-refractivity contribution in [2.75, 3.05) is 0 Å². The lowest BCUT2D eigenvalue weighted by atomic mass is 9.91. The molecule has 0 aromatic heterocycles. The minimum atomic E-state index is -0.325. The summed E-state index contributed by atoms with van der Waals surface area (Å²) in [7, 11) is 0. The van der Waals surface area contributed by atoms with Crippen molar-refractivity contribution in [2.45, 2.75) is 34.1 Å². The fourth-order valence-electron chi connectivity index (χ4n) is 0.560. The molecule has 0 heterocycles. The molecule has 0 aromatic rings. The summed E-state index contributed by atoms with van der Waals surface area (Å²) in [6.45, 7) is 8.11. The van der Waals surface area contributed by atoms with Gasteiger partial charge < -0.3 is 5.73 Å². The lowest BCUT2D eigenvalue weighted by Gasteiger charge is -2.14. The van der Waals surface area contributed by atoms with E-state index in [9.17, 15) is 4.79 Å². The Labute approximate surface area is 68.5 Å². The smallest absolute Gasteiger partial charge is 0.244 e. The van der Waals surface area contributed by atoms with Gasteiger partial charge in [0.15, 0.2) is 0 Å². The number of carbonyl (C=O) groups excluding carboxylic acids is 1. The quantitative estimate of drug-likeness (QED) is 0.608. The second-order valence-electron chi connectivity index (χ2n) is 4.02. The molecule has 0 rings (SSSR count). The molecule has 0 aliphatic heterocycles. The Morgan fingerprint density at radius 1 is 1.45 bits per heavy atom. The minimum absolute atomic E-state index is 0.233. The number of primary amides is 1. The van der Waals surface area contributed by atoms with Gasteiger partial charge in [-0.15, -0.1) is 0 Å². The van der Waals surface area contributed by atoms with Gasteiger partial charge in [-0.05, 0) is 18.8 Å². The van der Waals surface area contributed by atoms with Crippen LogP contribution in [0.5, 0.6) is 0 Å². The minimum Gasteiger partial charge on any atom is -0.366 e. The van der Waals surface area contributed by atoms with Gasteiger partial charge in [-0.1, -0.05) is 26.8 Å². The van der Waals surface area contributed by atoms with Gasteiger partial charge in [-0.3, -0.25) is 4.79 Å². The number of rotatable bonds is 2. The van der Waals surface area contributed by atoms with Gasteiger partial charge in [-0.25, -0.2) is 0 Å². The zero-order valence-corrected chi connectivity index (χ0v) is 7.77. The highest BCUT2D eigenvalue weighted by Gasteiger charge is 2.08. The Morgan fingerprint density at radius 2 is 1.91 bits per heavy atom. The molecule has 64 valence electrons. The van der Waals surface area contributed by atoms with E-state index in [1.807, 2.05) is 6.08 Å². The third-order valence-corrected chi connectivity index (χ3v) is 1.41. The van der Waals surface area contributed by atoms with Crippen LogP contribution in [0, 0.1) is 5.41 Å². The topological polar surface area (TPSA) is 43.1 Å². The zero-order chi connectivity index (χ0) is 9.07.